The largest absolute Gasteiger partial charge is 0.461 e. The molecule has 0 heterocycles. The first-order valence-electron chi connectivity index (χ1n) is 9.96. The summed E-state index contributed by atoms with van der Waals surface area (Å²) in [4.78, 5) is 24.0. The highest BCUT2D eigenvalue weighted by Gasteiger charge is 2.28. The highest BCUT2D eigenvalue weighted by Crippen LogP contribution is 2.25. The molecule has 0 fully saturated rings. The molecule has 7 heteroatoms. The molecule has 0 amide bonds. The maximum Gasteiger partial charge on any atom is 0.354 e. The SMILES string of the molecule is CCOC(=O)C(CCCCCCC1=CC(O[Si](C)(C)C)CC1=O)=NN(C)C. The van der Waals surface area contributed by atoms with Crippen molar-refractivity contribution in [3.8, 4) is 0 Å². The first-order valence-corrected chi connectivity index (χ1v) is 13.4. The maximum atomic E-state index is 12.1. The summed E-state index contributed by atoms with van der Waals surface area (Å²) in [6.45, 7) is 8.59. The van der Waals surface area contributed by atoms with Gasteiger partial charge in [0, 0.05) is 20.5 Å². The average molecular weight is 397 g/mol. The van der Waals surface area contributed by atoms with Crippen molar-refractivity contribution < 1.29 is 18.8 Å². The molecule has 1 atom stereocenters. The van der Waals surface area contributed by atoms with Crippen LogP contribution in [-0.4, -0.2) is 57.6 Å². The molecular weight excluding hydrogens is 360 g/mol. The summed E-state index contributed by atoms with van der Waals surface area (Å²) in [5.41, 5.74) is 1.40. The van der Waals surface area contributed by atoms with E-state index in [0.29, 0.717) is 25.2 Å². The van der Waals surface area contributed by atoms with Crippen molar-refractivity contribution in [3.63, 3.8) is 0 Å². The number of nitrogens with zero attached hydrogens (tertiary/aromatic N) is 2. The van der Waals surface area contributed by atoms with Crippen molar-refractivity contribution in [2.24, 2.45) is 5.10 Å². The van der Waals surface area contributed by atoms with Crippen molar-refractivity contribution in [3.05, 3.63) is 11.6 Å². The summed E-state index contributed by atoms with van der Waals surface area (Å²) in [5.74, 6) is -0.0951. The standard InChI is InChI=1S/C20H36N2O4Si/c1-7-25-20(24)18(21-22(2)3)13-11-9-8-10-12-16-14-17(15-19(16)23)26-27(4,5)6/h14,17H,7-13,15H2,1-6H3. The Morgan fingerprint density at radius 3 is 2.48 bits per heavy atom. The molecule has 0 saturated heterocycles. The number of Topliss-reactive ketones (excluding diaryl/α,β-unsaturated/α-hetero) is 1. The maximum absolute atomic E-state index is 12.1. The van der Waals surface area contributed by atoms with Crippen LogP contribution < -0.4 is 0 Å². The zero-order valence-corrected chi connectivity index (χ0v) is 18.8. The van der Waals surface area contributed by atoms with Crippen molar-refractivity contribution in [2.75, 3.05) is 20.7 Å². The number of unbranched alkanes of at least 4 members (excludes halogenated alkanes) is 3. The second-order valence-corrected chi connectivity index (χ2v) is 12.6. The van der Waals surface area contributed by atoms with Gasteiger partial charge in [0.25, 0.3) is 0 Å². The van der Waals surface area contributed by atoms with Gasteiger partial charge in [-0.05, 0) is 63.9 Å². The third-order valence-corrected chi connectivity index (χ3v) is 5.09. The summed E-state index contributed by atoms with van der Waals surface area (Å²) in [5, 5.41) is 5.86. The van der Waals surface area contributed by atoms with Gasteiger partial charge in [0.2, 0.25) is 0 Å². The topological polar surface area (TPSA) is 68.2 Å². The number of hydrogen-bond acceptors (Lipinski definition) is 6. The molecule has 1 unspecified atom stereocenters. The van der Waals surface area contributed by atoms with Crippen LogP contribution in [0.2, 0.25) is 19.6 Å². The van der Waals surface area contributed by atoms with Crippen LogP contribution in [0.4, 0.5) is 0 Å². The van der Waals surface area contributed by atoms with E-state index in [-0.39, 0.29) is 17.9 Å². The number of allylic oxidation sites excluding steroid dienone is 1. The van der Waals surface area contributed by atoms with Crippen LogP contribution in [0.3, 0.4) is 0 Å². The highest BCUT2D eigenvalue weighted by molar-refractivity contribution is 6.69. The molecule has 0 aromatic carbocycles. The molecule has 0 saturated carbocycles. The minimum absolute atomic E-state index is 0.0199. The molecule has 0 aromatic rings. The van der Waals surface area contributed by atoms with E-state index in [0.717, 1.165) is 37.7 Å². The smallest absolute Gasteiger partial charge is 0.354 e. The number of ether oxygens (including phenoxy) is 1. The molecule has 0 bridgehead atoms. The molecule has 0 radical (unpaired) electrons. The summed E-state index contributed by atoms with van der Waals surface area (Å²) in [6, 6.07) is 0. The Labute approximate surface area is 165 Å². The molecule has 1 aliphatic carbocycles. The number of carbonyl (C=O) groups excluding carboxylic acids is 2. The molecule has 1 rings (SSSR count). The second kappa shape index (κ2) is 11.4. The Morgan fingerprint density at radius 1 is 1.22 bits per heavy atom. The van der Waals surface area contributed by atoms with Crippen molar-refractivity contribution in [1.29, 1.82) is 0 Å². The lowest BCUT2D eigenvalue weighted by Gasteiger charge is -2.21. The van der Waals surface area contributed by atoms with Crippen LogP contribution in [0.25, 0.3) is 0 Å². The Hall–Kier alpha value is -1.47. The Bertz CT molecular complexity index is 565. The second-order valence-electron chi connectivity index (χ2n) is 8.12. The molecular formula is C20H36N2O4Si. The fraction of sp³-hybridized carbons (Fsp3) is 0.750. The van der Waals surface area contributed by atoms with E-state index in [9.17, 15) is 9.59 Å². The lowest BCUT2D eigenvalue weighted by atomic mass is 10.0. The predicted molar refractivity (Wildman–Crippen MR) is 111 cm³/mol. The van der Waals surface area contributed by atoms with E-state index >= 15 is 0 Å². The summed E-state index contributed by atoms with van der Waals surface area (Å²) < 4.78 is 11.1. The molecule has 0 aromatic heterocycles. The number of hydrazone groups is 1. The van der Waals surface area contributed by atoms with E-state index < -0.39 is 8.32 Å². The molecule has 0 N–H and O–H groups in total. The van der Waals surface area contributed by atoms with Crippen LogP contribution >= 0.6 is 0 Å². The minimum Gasteiger partial charge on any atom is -0.461 e. The third kappa shape index (κ3) is 9.86. The number of rotatable bonds is 12. The molecule has 6 nitrogen and oxygen atoms in total. The van der Waals surface area contributed by atoms with Crippen LogP contribution in [0.5, 0.6) is 0 Å². The zero-order valence-electron chi connectivity index (χ0n) is 17.8. The number of carbonyl (C=O) groups is 2. The minimum atomic E-state index is -1.62. The molecule has 0 aliphatic heterocycles. The quantitative estimate of drug-likeness (QED) is 0.164. The summed E-state index contributed by atoms with van der Waals surface area (Å²) >= 11 is 0. The van der Waals surface area contributed by atoms with E-state index in [4.69, 9.17) is 9.16 Å². The molecule has 1 aliphatic rings. The van der Waals surface area contributed by atoms with Gasteiger partial charge in [-0.1, -0.05) is 12.8 Å². The molecule has 0 spiro atoms. The molecule has 27 heavy (non-hydrogen) atoms. The average Bonchev–Trinajstić information content (AvgIpc) is 2.86. The monoisotopic (exact) mass is 396 g/mol. The van der Waals surface area contributed by atoms with Crippen LogP contribution in [0.15, 0.2) is 16.8 Å². The normalized spacial score (nSPS) is 17.9. The summed E-state index contributed by atoms with van der Waals surface area (Å²) in [7, 11) is 1.98. The van der Waals surface area contributed by atoms with E-state index in [1.54, 1.807) is 26.0 Å². The van der Waals surface area contributed by atoms with Crippen molar-refractivity contribution in [2.45, 2.75) is 77.6 Å². The Morgan fingerprint density at radius 2 is 1.89 bits per heavy atom. The van der Waals surface area contributed by atoms with E-state index in [1.807, 2.05) is 6.08 Å². The van der Waals surface area contributed by atoms with Gasteiger partial charge in [0.15, 0.2) is 14.1 Å². The van der Waals surface area contributed by atoms with Crippen LogP contribution in [0, 0.1) is 0 Å². The zero-order chi connectivity index (χ0) is 20.4. The van der Waals surface area contributed by atoms with Gasteiger partial charge >= 0.3 is 5.97 Å². The first-order chi connectivity index (χ1) is 12.6. The number of hydrogen-bond donors (Lipinski definition) is 0. The lowest BCUT2D eigenvalue weighted by molar-refractivity contribution is -0.135. The van der Waals surface area contributed by atoms with E-state index in [1.165, 1.54) is 0 Å². The van der Waals surface area contributed by atoms with Gasteiger partial charge < -0.3 is 14.2 Å². The fourth-order valence-corrected chi connectivity index (χ4v) is 4.11. The number of esters is 1. The van der Waals surface area contributed by atoms with E-state index in [2.05, 4.69) is 24.7 Å². The fourth-order valence-electron chi connectivity index (χ4n) is 3.05. The lowest BCUT2D eigenvalue weighted by Crippen LogP contribution is -2.30. The highest BCUT2D eigenvalue weighted by atomic mass is 28.4. The van der Waals surface area contributed by atoms with Gasteiger partial charge in [-0.25, -0.2) is 4.79 Å². The van der Waals surface area contributed by atoms with Crippen LogP contribution in [0.1, 0.15) is 51.9 Å². The first kappa shape index (κ1) is 23.6. The van der Waals surface area contributed by atoms with Gasteiger partial charge in [-0.3, -0.25) is 4.79 Å². The van der Waals surface area contributed by atoms with Gasteiger partial charge in [0.1, 0.15) is 5.71 Å². The summed E-state index contributed by atoms with van der Waals surface area (Å²) in [6.07, 6.45) is 7.85. The van der Waals surface area contributed by atoms with Crippen molar-refractivity contribution in [1.82, 2.24) is 5.01 Å². The Balaban J connectivity index is 2.32. The number of ketones is 1. The van der Waals surface area contributed by atoms with Crippen LogP contribution in [-0.2, 0) is 18.8 Å². The van der Waals surface area contributed by atoms with Gasteiger partial charge in [0.05, 0.1) is 12.7 Å². The van der Waals surface area contributed by atoms with Crippen molar-refractivity contribution >= 4 is 25.8 Å². The Kier molecular flexibility index (Phi) is 9.94. The van der Waals surface area contributed by atoms with Gasteiger partial charge in [-0.2, -0.15) is 5.10 Å². The third-order valence-electron chi connectivity index (χ3n) is 4.08. The predicted octanol–water partition coefficient (Wildman–Crippen LogP) is 3.93. The van der Waals surface area contributed by atoms with Gasteiger partial charge in [-0.15, -0.1) is 0 Å². The molecule has 154 valence electrons.